The zero-order valence-electron chi connectivity index (χ0n) is 17.5. The van der Waals surface area contributed by atoms with Crippen molar-refractivity contribution < 1.29 is 9.50 Å². The number of hydrogen-bond donors (Lipinski definition) is 2. The Morgan fingerprint density at radius 3 is 2.69 bits per heavy atom. The molecule has 0 unspecified atom stereocenters. The van der Waals surface area contributed by atoms with Crippen LogP contribution < -0.4 is 0 Å². The number of halogens is 1. The first-order valence-electron chi connectivity index (χ1n) is 10.6. The first-order valence-corrected chi connectivity index (χ1v) is 10.6. The number of aliphatic hydroxyl groups is 1. The van der Waals surface area contributed by atoms with E-state index in [1.165, 1.54) is 22.7 Å². The van der Waals surface area contributed by atoms with Crippen molar-refractivity contribution in [1.29, 1.82) is 0 Å². The van der Waals surface area contributed by atoms with Crippen LogP contribution >= 0.6 is 0 Å². The third-order valence-corrected chi connectivity index (χ3v) is 6.18. The number of H-pyrrole nitrogens is 1. The highest BCUT2D eigenvalue weighted by atomic mass is 19.1. The van der Waals surface area contributed by atoms with Crippen LogP contribution in [0.4, 0.5) is 4.39 Å². The van der Waals surface area contributed by atoms with Crippen LogP contribution in [-0.2, 0) is 0 Å². The minimum atomic E-state index is -0.291. The molecule has 0 atom stereocenters. The highest BCUT2D eigenvalue weighted by Crippen LogP contribution is 2.39. The van der Waals surface area contributed by atoms with Gasteiger partial charge in [-0.05, 0) is 74.0 Å². The van der Waals surface area contributed by atoms with Gasteiger partial charge in [-0.3, -0.25) is 4.98 Å². The second-order valence-corrected chi connectivity index (χ2v) is 8.52. The molecule has 0 bridgehead atoms. The molecule has 0 spiro atoms. The van der Waals surface area contributed by atoms with Gasteiger partial charge in [0.25, 0.3) is 0 Å². The molecule has 2 N–H and O–H groups in total. The predicted octanol–water partition coefficient (Wildman–Crippen LogP) is 4.97. The number of fused-ring (bicyclic) bond motifs is 1. The molecule has 2 aromatic heterocycles. The molecular formula is C24H30FN3O. The molecule has 0 amide bonds. The molecule has 4 nitrogen and oxygen atoms in total. The standard InChI is InChI=1S/C24H30FN3O/c1-15(2)23-20-13-18(17-6-8-28(9-7-17)10-11-29)4-5-22(20)27-24(23)19-12-16(3)26-14-21(19)25/h4-5,12-15,17,27,29H,6-11H2,1-3H3. The zero-order chi connectivity index (χ0) is 20.5. The lowest BCUT2D eigenvalue weighted by atomic mass is 9.87. The summed E-state index contributed by atoms with van der Waals surface area (Å²) in [4.78, 5) is 9.89. The molecule has 0 aliphatic carbocycles. The molecule has 1 saturated heterocycles. The minimum Gasteiger partial charge on any atom is -0.395 e. The van der Waals surface area contributed by atoms with Crippen LogP contribution in [0.15, 0.2) is 30.5 Å². The lowest BCUT2D eigenvalue weighted by Gasteiger charge is -2.31. The molecule has 3 heterocycles. The summed E-state index contributed by atoms with van der Waals surface area (Å²) in [6.45, 7) is 9.27. The number of piperidine rings is 1. The number of likely N-dealkylation sites (tertiary alicyclic amines) is 1. The maximum absolute atomic E-state index is 14.6. The summed E-state index contributed by atoms with van der Waals surface area (Å²) in [6.07, 6.45) is 3.53. The van der Waals surface area contributed by atoms with Gasteiger partial charge in [-0.1, -0.05) is 19.9 Å². The van der Waals surface area contributed by atoms with Gasteiger partial charge in [-0.15, -0.1) is 0 Å². The third kappa shape index (κ3) is 3.94. The van der Waals surface area contributed by atoms with Crippen molar-refractivity contribution in [3.63, 3.8) is 0 Å². The van der Waals surface area contributed by atoms with E-state index in [9.17, 15) is 4.39 Å². The molecule has 5 heteroatoms. The predicted molar refractivity (Wildman–Crippen MR) is 116 cm³/mol. The Morgan fingerprint density at radius 1 is 1.24 bits per heavy atom. The van der Waals surface area contributed by atoms with E-state index in [4.69, 9.17) is 5.11 Å². The average molecular weight is 396 g/mol. The van der Waals surface area contributed by atoms with Gasteiger partial charge in [0.15, 0.2) is 5.82 Å². The molecular weight excluding hydrogens is 365 g/mol. The smallest absolute Gasteiger partial charge is 0.150 e. The summed E-state index contributed by atoms with van der Waals surface area (Å²) >= 11 is 0. The van der Waals surface area contributed by atoms with E-state index >= 15 is 0 Å². The van der Waals surface area contributed by atoms with Crippen LogP contribution in [0, 0.1) is 12.7 Å². The fourth-order valence-corrected chi connectivity index (χ4v) is 4.66. The number of pyridine rings is 1. The quantitative estimate of drug-likeness (QED) is 0.641. The van der Waals surface area contributed by atoms with E-state index in [-0.39, 0.29) is 18.3 Å². The number of hydrogen-bond acceptors (Lipinski definition) is 3. The number of nitrogens with one attached hydrogen (secondary N) is 1. The zero-order valence-corrected chi connectivity index (χ0v) is 17.5. The van der Waals surface area contributed by atoms with E-state index in [1.54, 1.807) is 0 Å². The number of β-amino-alcohol motifs (C(OH)–C–C–N with tert-alkyl or cyclic N) is 1. The highest BCUT2D eigenvalue weighted by Gasteiger charge is 2.23. The Balaban J connectivity index is 1.73. The Kier molecular flexibility index (Phi) is 5.70. The molecule has 1 fully saturated rings. The molecule has 1 aliphatic heterocycles. The first-order chi connectivity index (χ1) is 14.0. The number of aryl methyl sites for hydroxylation is 1. The SMILES string of the molecule is Cc1cc(-c2[nH]c3ccc(C4CCN(CCO)CC4)cc3c2C(C)C)c(F)cn1. The largest absolute Gasteiger partial charge is 0.395 e. The molecule has 1 aromatic carbocycles. The number of aliphatic hydroxyl groups excluding tert-OH is 1. The van der Waals surface area contributed by atoms with Crippen molar-refractivity contribution in [1.82, 2.24) is 14.9 Å². The van der Waals surface area contributed by atoms with E-state index in [0.29, 0.717) is 11.5 Å². The fourth-order valence-electron chi connectivity index (χ4n) is 4.66. The minimum absolute atomic E-state index is 0.228. The molecule has 1 aliphatic rings. The molecule has 4 rings (SSSR count). The number of benzene rings is 1. The lowest BCUT2D eigenvalue weighted by Crippen LogP contribution is -2.34. The third-order valence-electron chi connectivity index (χ3n) is 6.18. The average Bonchev–Trinajstić information content (AvgIpc) is 3.09. The first kappa shape index (κ1) is 20.0. The topological polar surface area (TPSA) is 52.2 Å². The molecule has 0 saturated carbocycles. The second-order valence-electron chi connectivity index (χ2n) is 8.52. The van der Waals surface area contributed by atoms with Gasteiger partial charge >= 0.3 is 0 Å². The van der Waals surface area contributed by atoms with Gasteiger partial charge in [0.1, 0.15) is 0 Å². The Bertz CT molecular complexity index is 1000. The van der Waals surface area contributed by atoms with Crippen LogP contribution in [0.25, 0.3) is 22.2 Å². The van der Waals surface area contributed by atoms with Crippen LogP contribution in [0.1, 0.15) is 55.3 Å². The summed E-state index contributed by atoms with van der Waals surface area (Å²) < 4.78 is 14.6. The van der Waals surface area contributed by atoms with Crippen molar-refractivity contribution in [2.45, 2.75) is 45.4 Å². The summed E-state index contributed by atoms with van der Waals surface area (Å²) in [5, 5.41) is 10.4. The van der Waals surface area contributed by atoms with Crippen molar-refractivity contribution in [3.05, 3.63) is 53.1 Å². The number of aromatic amines is 1. The van der Waals surface area contributed by atoms with Crippen molar-refractivity contribution in [3.8, 4) is 11.3 Å². The number of rotatable bonds is 5. The van der Waals surface area contributed by atoms with Gasteiger partial charge in [0.2, 0.25) is 0 Å². The number of aromatic nitrogens is 2. The van der Waals surface area contributed by atoms with E-state index in [1.807, 2.05) is 13.0 Å². The van der Waals surface area contributed by atoms with E-state index in [0.717, 1.165) is 49.4 Å². The fraction of sp³-hybridized carbons (Fsp3) is 0.458. The Hall–Kier alpha value is -2.24. The van der Waals surface area contributed by atoms with Crippen LogP contribution in [0.2, 0.25) is 0 Å². The maximum Gasteiger partial charge on any atom is 0.150 e. The summed E-state index contributed by atoms with van der Waals surface area (Å²) in [6, 6.07) is 8.49. The Labute approximate surface area is 171 Å². The lowest BCUT2D eigenvalue weighted by molar-refractivity contribution is 0.164. The van der Waals surface area contributed by atoms with Gasteiger partial charge in [0.05, 0.1) is 18.5 Å². The summed E-state index contributed by atoms with van der Waals surface area (Å²) in [7, 11) is 0. The van der Waals surface area contributed by atoms with Gasteiger partial charge in [0, 0.05) is 28.7 Å². The van der Waals surface area contributed by atoms with Crippen molar-refractivity contribution in [2.75, 3.05) is 26.2 Å². The molecule has 154 valence electrons. The Morgan fingerprint density at radius 2 is 2.00 bits per heavy atom. The van der Waals surface area contributed by atoms with Gasteiger partial charge in [-0.25, -0.2) is 4.39 Å². The second kappa shape index (κ2) is 8.25. The van der Waals surface area contributed by atoms with E-state index in [2.05, 4.69) is 46.9 Å². The van der Waals surface area contributed by atoms with E-state index < -0.39 is 0 Å². The van der Waals surface area contributed by atoms with Crippen molar-refractivity contribution >= 4 is 10.9 Å². The van der Waals surface area contributed by atoms with Crippen LogP contribution in [0.3, 0.4) is 0 Å². The maximum atomic E-state index is 14.6. The monoisotopic (exact) mass is 395 g/mol. The van der Waals surface area contributed by atoms with Gasteiger partial charge < -0.3 is 15.0 Å². The van der Waals surface area contributed by atoms with Crippen LogP contribution in [0.5, 0.6) is 0 Å². The normalized spacial score (nSPS) is 16.2. The number of nitrogens with zero attached hydrogens (tertiary/aromatic N) is 2. The highest BCUT2D eigenvalue weighted by molar-refractivity contribution is 5.92. The van der Waals surface area contributed by atoms with Gasteiger partial charge in [-0.2, -0.15) is 0 Å². The summed E-state index contributed by atoms with van der Waals surface area (Å²) in [5.74, 6) is 0.515. The van der Waals surface area contributed by atoms with Crippen molar-refractivity contribution in [2.24, 2.45) is 0 Å². The molecule has 0 radical (unpaired) electrons. The molecule has 29 heavy (non-hydrogen) atoms. The summed E-state index contributed by atoms with van der Waals surface area (Å²) in [5.41, 5.74) is 5.86. The van der Waals surface area contributed by atoms with Crippen LogP contribution in [-0.4, -0.2) is 46.2 Å². The molecule has 3 aromatic rings.